The third kappa shape index (κ3) is 4.47. The van der Waals surface area contributed by atoms with E-state index in [-0.39, 0.29) is 5.91 Å². The summed E-state index contributed by atoms with van der Waals surface area (Å²) in [6.07, 6.45) is 3.49. The van der Waals surface area contributed by atoms with Gasteiger partial charge in [-0.15, -0.1) is 5.10 Å². The minimum Gasteiger partial charge on any atom is -0.405 e. The van der Waals surface area contributed by atoms with Crippen LogP contribution in [0.15, 0.2) is 52.9 Å². The van der Waals surface area contributed by atoms with Gasteiger partial charge >= 0.3 is 6.01 Å². The molecular weight excluding hydrogens is 364 g/mol. The van der Waals surface area contributed by atoms with Crippen LogP contribution in [-0.4, -0.2) is 29.2 Å². The summed E-state index contributed by atoms with van der Waals surface area (Å²) < 4.78 is 6.01. The Morgan fingerprint density at radius 3 is 2.38 bits per heavy atom. The van der Waals surface area contributed by atoms with E-state index in [9.17, 15) is 4.79 Å². The average Bonchev–Trinajstić information content (AvgIpc) is 3.22. The molecule has 1 atom stereocenters. The number of rotatable bonds is 5. The fraction of sp³-hybridized carbons (Fsp3) is 0.348. The van der Waals surface area contributed by atoms with Crippen molar-refractivity contribution in [3.63, 3.8) is 0 Å². The summed E-state index contributed by atoms with van der Waals surface area (Å²) in [7, 11) is 0. The summed E-state index contributed by atoms with van der Waals surface area (Å²) in [5, 5.41) is 11.6. The number of hydrogen-bond acceptors (Lipinski definition) is 5. The summed E-state index contributed by atoms with van der Waals surface area (Å²) in [6.45, 7) is 5.82. The van der Waals surface area contributed by atoms with Gasteiger partial charge in [0, 0.05) is 18.7 Å². The quantitative estimate of drug-likeness (QED) is 0.707. The molecule has 1 aliphatic rings. The minimum absolute atomic E-state index is 0.164. The smallest absolute Gasteiger partial charge is 0.318 e. The fourth-order valence-corrected chi connectivity index (χ4v) is 3.81. The first-order chi connectivity index (χ1) is 14.1. The van der Waals surface area contributed by atoms with Crippen molar-refractivity contribution in [2.24, 2.45) is 0 Å². The number of nitrogens with zero attached hydrogens (tertiary/aromatic N) is 3. The number of amides is 1. The molecular formula is C23H26N4O2. The van der Waals surface area contributed by atoms with Crippen molar-refractivity contribution < 1.29 is 9.21 Å². The molecule has 2 heterocycles. The third-order valence-electron chi connectivity index (χ3n) is 5.20. The Hall–Kier alpha value is -3.15. The normalized spacial score (nSPS) is 15.2. The largest absolute Gasteiger partial charge is 0.405 e. The first-order valence-electron chi connectivity index (χ1n) is 10.1. The lowest BCUT2D eigenvalue weighted by Gasteiger charge is -2.24. The van der Waals surface area contributed by atoms with Crippen LogP contribution in [0.3, 0.4) is 0 Å². The molecule has 1 aliphatic heterocycles. The van der Waals surface area contributed by atoms with E-state index < -0.39 is 6.04 Å². The monoisotopic (exact) mass is 390 g/mol. The summed E-state index contributed by atoms with van der Waals surface area (Å²) in [6, 6.07) is 15.6. The van der Waals surface area contributed by atoms with Gasteiger partial charge < -0.3 is 14.6 Å². The molecule has 1 amide bonds. The van der Waals surface area contributed by atoms with Crippen molar-refractivity contribution >= 4 is 11.9 Å². The van der Waals surface area contributed by atoms with E-state index in [4.69, 9.17) is 4.42 Å². The minimum atomic E-state index is -0.504. The number of piperidine rings is 1. The van der Waals surface area contributed by atoms with Gasteiger partial charge in [-0.1, -0.05) is 52.6 Å². The van der Waals surface area contributed by atoms with Gasteiger partial charge in [-0.25, -0.2) is 0 Å². The molecule has 0 spiro atoms. The van der Waals surface area contributed by atoms with Crippen LogP contribution >= 0.6 is 0 Å². The highest BCUT2D eigenvalue weighted by Gasteiger charge is 2.25. The Bertz CT molecular complexity index is 957. The fourth-order valence-electron chi connectivity index (χ4n) is 3.81. The Balaban J connectivity index is 1.62. The Morgan fingerprint density at radius 1 is 1.00 bits per heavy atom. The van der Waals surface area contributed by atoms with Gasteiger partial charge in [-0.3, -0.25) is 4.79 Å². The van der Waals surface area contributed by atoms with E-state index in [2.05, 4.69) is 20.4 Å². The number of carbonyl (C=O) groups is 1. The topological polar surface area (TPSA) is 71.3 Å². The van der Waals surface area contributed by atoms with Gasteiger partial charge in [0.05, 0.1) is 0 Å². The lowest BCUT2D eigenvalue weighted by atomic mass is 10.0. The zero-order valence-electron chi connectivity index (χ0n) is 16.9. The number of aryl methyl sites for hydroxylation is 2. The van der Waals surface area contributed by atoms with E-state index in [1.807, 2.05) is 62.4 Å². The lowest BCUT2D eigenvalue weighted by molar-refractivity contribution is 0.0937. The molecule has 1 fully saturated rings. The molecule has 3 aromatic rings. The van der Waals surface area contributed by atoms with Crippen molar-refractivity contribution in [3.05, 3.63) is 76.7 Å². The summed E-state index contributed by atoms with van der Waals surface area (Å²) in [5.74, 6) is 0.234. The summed E-state index contributed by atoms with van der Waals surface area (Å²) in [5.41, 5.74) is 3.63. The van der Waals surface area contributed by atoms with Gasteiger partial charge in [0.1, 0.15) is 6.04 Å². The molecule has 1 aromatic heterocycles. The second-order valence-corrected chi connectivity index (χ2v) is 7.66. The first-order valence-corrected chi connectivity index (χ1v) is 10.1. The van der Waals surface area contributed by atoms with Crippen molar-refractivity contribution in [1.82, 2.24) is 15.5 Å². The van der Waals surface area contributed by atoms with Gasteiger partial charge in [0.25, 0.3) is 5.91 Å². The molecule has 1 saturated heterocycles. The molecule has 6 nitrogen and oxygen atoms in total. The zero-order chi connectivity index (χ0) is 20.2. The number of carbonyl (C=O) groups excluding carboxylic acids is 1. The van der Waals surface area contributed by atoms with Gasteiger partial charge in [-0.05, 0) is 50.8 Å². The molecule has 4 rings (SSSR count). The van der Waals surface area contributed by atoms with Crippen LogP contribution in [0.5, 0.6) is 0 Å². The maximum atomic E-state index is 13.0. The summed E-state index contributed by atoms with van der Waals surface area (Å²) in [4.78, 5) is 15.1. The Kier molecular flexibility index (Phi) is 5.60. The highest BCUT2D eigenvalue weighted by atomic mass is 16.4. The van der Waals surface area contributed by atoms with Crippen LogP contribution in [0, 0.1) is 13.8 Å². The van der Waals surface area contributed by atoms with E-state index in [0.717, 1.165) is 42.6 Å². The van der Waals surface area contributed by atoms with Crippen LogP contribution in [0.4, 0.5) is 6.01 Å². The van der Waals surface area contributed by atoms with Crippen molar-refractivity contribution in [1.29, 1.82) is 0 Å². The van der Waals surface area contributed by atoms with Crippen LogP contribution in [0.1, 0.15) is 58.2 Å². The lowest BCUT2D eigenvalue weighted by Crippen LogP contribution is -2.30. The van der Waals surface area contributed by atoms with Crippen molar-refractivity contribution in [2.45, 2.75) is 39.2 Å². The van der Waals surface area contributed by atoms with Crippen LogP contribution in [-0.2, 0) is 0 Å². The molecule has 6 heteroatoms. The van der Waals surface area contributed by atoms with Crippen molar-refractivity contribution in [2.75, 3.05) is 18.0 Å². The molecule has 0 saturated carbocycles. The highest BCUT2D eigenvalue weighted by molar-refractivity contribution is 5.95. The van der Waals surface area contributed by atoms with Crippen LogP contribution in [0.25, 0.3) is 0 Å². The SMILES string of the molecule is Cc1cc(C)cc(C(=O)NC(c2ccccc2)c2nnc(N3CCCCC3)o2)c1. The molecule has 29 heavy (non-hydrogen) atoms. The molecule has 150 valence electrons. The molecule has 1 unspecified atom stereocenters. The van der Waals surface area contributed by atoms with E-state index >= 15 is 0 Å². The maximum Gasteiger partial charge on any atom is 0.318 e. The molecule has 0 aliphatic carbocycles. The first kappa shape index (κ1) is 19.2. The standard InChI is InChI=1S/C23H26N4O2/c1-16-13-17(2)15-19(14-16)21(28)24-20(18-9-5-3-6-10-18)22-25-26-23(29-22)27-11-7-4-8-12-27/h3,5-6,9-10,13-15,20H,4,7-8,11-12H2,1-2H3,(H,24,28). The Labute approximate surface area is 170 Å². The summed E-state index contributed by atoms with van der Waals surface area (Å²) >= 11 is 0. The molecule has 2 aromatic carbocycles. The average molecular weight is 390 g/mol. The van der Waals surface area contributed by atoms with E-state index in [1.54, 1.807) is 0 Å². The van der Waals surface area contributed by atoms with Crippen LogP contribution < -0.4 is 10.2 Å². The van der Waals surface area contributed by atoms with Gasteiger partial charge in [-0.2, -0.15) is 0 Å². The van der Waals surface area contributed by atoms with Gasteiger partial charge in [0.2, 0.25) is 5.89 Å². The zero-order valence-corrected chi connectivity index (χ0v) is 16.9. The third-order valence-corrected chi connectivity index (χ3v) is 5.20. The predicted molar refractivity (Wildman–Crippen MR) is 112 cm³/mol. The molecule has 0 bridgehead atoms. The second-order valence-electron chi connectivity index (χ2n) is 7.66. The number of hydrogen-bond donors (Lipinski definition) is 1. The highest BCUT2D eigenvalue weighted by Crippen LogP contribution is 2.26. The number of benzene rings is 2. The van der Waals surface area contributed by atoms with E-state index in [1.165, 1.54) is 6.42 Å². The number of nitrogens with one attached hydrogen (secondary N) is 1. The van der Waals surface area contributed by atoms with Gasteiger partial charge in [0.15, 0.2) is 0 Å². The maximum absolute atomic E-state index is 13.0. The number of anilines is 1. The van der Waals surface area contributed by atoms with Crippen LogP contribution in [0.2, 0.25) is 0 Å². The molecule has 1 N–H and O–H groups in total. The molecule has 0 radical (unpaired) electrons. The van der Waals surface area contributed by atoms with Crippen molar-refractivity contribution in [3.8, 4) is 0 Å². The predicted octanol–water partition coefficient (Wildman–Crippen LogP) is 4.20. The van der Waals surface area contributed by atoms with E-state index in [0.29, 0.717) is 17.5 Å². The Morgan fingerprint density at radius 2 is 1.69 bits per heavy atom. The number of aromatic nitrogens is 2. The second kappa shape index (κ2) is 8.47.